The Bertz CT molecular complexity index is 144. The average molecular weight is 228 g/mol. The number of esters is 1. The summed E-state index contributed by atoms with van der Waals surface area (Å²) in [5, 5.41) is 7.72. The third-order valence-corrected chi connectivity index (χ3v) is 0.956. The van der Waals surface area contributed by atoms with Crippen molar-refractivity contribution in [3.63, 3.8) is 0 Å². The predicted octanol–water partition coefficient (Wildman–Crippen LogP) is 0.801. The second-order valence-electron chi connectivity index (χ2n) is 2.09. The lowest BCUT2D eigenvalue weighted by atomic mass is 10.4. The first-order chi connectivity index (χ1) is 6.08. The molecule has 0 fully saturated rings. The molecule has 3 N–H and O–H groups in total. The van der Waals surface area contributed by atoms with Crippen molar-refractivity contribution in [1.29, 1.82) is 0 Å². The van der Waals surface area contributed by atoms with Gasteiger partial charge >= 0.3 is 11.9 Å². The van der Waals surface area contributed by atoms with E-state index in [-0.39, 0.29) is 24.8 Å². The lowest BCUT2D eigenvalue weighted by Crippen LogP contribution is -2.10. The van der Waals surface area contributed by atoms with Crippen LogP contribution in [0.5, 0.6) is 0 Å². The Balaban J connectivity index is -0.000000177. The lowest BCUT2D eigenvalue weighted by molar-refractivity contribution is -0.142. The highest BCUT2D eigenvalue weighted by molar-refractivity contribution is 5.85. The minimum atomic E-state index is -0.745. The third-order valence-electron chi connectivity index (χ3n) is 0.956. The Hall–Kier alpha value is -0.810. The maximum absolute atomic E-state index is 10.3. The standard InChI is InChI=1S/C5H11NO2.C3H6O2.ClH/c1-2-8-5(7)3-4-6;1-2-3(4)5;/h2-4,6H2,1H3;2H2,1H3,(H,4,5);1H. The fourth-order valence-corrected chi connectivity index (χ4v) is 0.351. The summed E-state index contributed by atoms with van der Waals surface area (Å²) in [6.07, 6.45) is 0.549. The molecule has 0 unspecified atom stereocenters. The molecule has 14 heavy (non-hydrogen) atoms. The minimum absolute atomic E-state index is 0. The van der Waals surface area contributed by atoms with Crippen LogP contribution < -0.4 is 5.73 Å². The molecule has 0 saturated carbocycles. The van der Waals surface area contributed by atoms with Crippen molar-refractivity contribution < 1.29 is 19.4 Å². The van der Waals surface area contributed by atoms with E-state index in [0.29, 0.717) is 19.6 Å². The molecule has 0 bridgehead atoms. The van der Waals surface area contributed by atoms with Gasteiger partial charge in [0.25, 0.3) is 0 Å². The highest BCUT2D eigenvalue weighted by Gasteiger charge is 1.95. The summed E-state index contributed by atoms with van der Waals surface area (Å²) in [6, 6.07) is 0. The molecule has 0 heterocycles. The molecule has 0 aliphatic heterocycles. The number of carbonyl (C=O) groups is 2. The van der Waals surface area contributed by atoms with E-state index in [9.17, 15) is 9.59 Å². The number of ether oxygens (including phenoxy) is 1. The van der Waals surface area contributed by atoms with Crippen LogP contribution in [0, 0.1) is 0 Å². The Labute approximate surface area is 90.0 Å². The first kappa shape index (κ1) is 18.9. The van der Waals surface area contributed by atoms with Gasteiger partial charge in [-0.25, -0.2) is 0 Å². The molecule has 0 atom stereocenters. The number of hydrogen-bond donors (Lipinski definition) is 2. The summed E-state index contributed by atoms with van der Waals surface area (Å²) in [5.74, 6) is -0.958. The van der Waals surface area contributed by atoms with Gasteiger partial charge in [-0.1, -0.05) is 6.92 Å². The molecule has 0 aromatic rings. The van der Waals surface area contributed by atoms with Crippen molar-refractivity contribution in [3.8, 4) is 0 Å². The average Bonchev–Trinajstić information content (AvgIpc) is 2.06. The highest BCUT2D eigenvalue weighted by atomic mass is 35.5. The van der Waals surface area contributed by atoms with Gasteiger partial charge in [-0.3, -0.25) is 9.59 Å². The monoisotopic (exact) mass is 227 g/mol. The zero-order valence-corrected chi connectivity index (χ0v) is 9.30. The number of halogens is 1. The number of hydrogen-bond acceptors (Lipinski definition) is 4. The fraction of sp³-hybridized carbons (Fsp3) is 0.750. The number of carboxylic acids is 1. The molecule has 0 aliphatic rings. The summed E-state index contributed by atoms with van der Waals surface area (Å²) in [7, 11) is 0. The van der Waals surface area contributed by atoms with E-state index in [2.05, 4.69) is 4.74 Å². The van der Waals surface area contributed by atoms with E-state index in [1.807, 2.05) is 0 Å². The second-order valence-corrected chi connectivity index (χ2v) is 2.09. The number of aliphatic carboxylic acids is 1. The molecule has 0 spiro atoms. The zero-order valence-electron chi connectivity index (χ0n) is 8.49. The Morgan fingerprint density at radius 2 is 1.79 bits per heavy atom. The Morgan fingerprint density at radius 3 is 2.00 bits per heavy atom. The summed E-state index contributed by atoms with van der Waals surface area (Å²) in [4.78, 5) is 19.7. The molecule has 86 valence electrons. The summed E-state index contributed by atoms with van der Waals surface area (Å²) >= 11 is 0. The summed E-state index contributed by atoms with van der Waals surface area (Å²) in [5.41, 5.74) is 5.06. The van der Waals surface area contributed by atoms with E-state index in [1.165, 1.54) is 0 Å². The van der Waals surface area contributed by atoms with Crippen molar-refractivity contribution >= 4 is 24.3 Å². The Morgan fingerprint density at radius 1 is 1.36 bits per heavy atom. The topological polar surface area (TPSA) is 89.6 Å². The van der Waals surface area contributed by atoms with Gasteiger partial charge in [0, 0.05) is 13.0 Å². The van der Waals surface area contributed by atoms with Crippen LogP contribution in [0.3, 0.4) is 0 Å². The molecular formula is C8H18ClNO4. The number of carboxylic acid groups (broad SMARTS) is 1. The number of nitrogens with two attached hydrogens (primary N) is 1. The molecule has 0 aromatic carbocycles. The van der Waals surface area contributed by atoms with E-state index in [4.69, 9.17) is 10.8 Å². The number of carbonyl (C=O) groups excluding carboxylic acids is 1. The molecule has 5 nitrogen and oxygen atoms in total. The molecular weight excluding hydrogens is 210 g/mol. The van der Waals surface area contributed by atoms with E-state index < -0.39 is 5.97 Å². The smallest absolute Gasteiger partial charge is 0.307 e. The van der Waals surface area contributed by atoms with Crippen LogP contribution in [0.4, 0.5) is 0 Å². The number of rotatable bonds is 4. The van der Waals surface area contributed by atoms with Crippen molar-refractivity contribution in [3.05, 3.63) is 0 Å². The summed E-state index contributed by atoms with van der Waals surface area (Å²) < 4.78 is 4.56. The largest absolute Gasteiger partial charge is 0.481 e. The van der Waals surface area contributed by atoms with Crippen LogP contribution in [-0.4, -0.2) is 30.2 Å². The molecule has 0 rings (SSSR count). The van der Waals surface area contributed by atoms with Crippen molar-refractivity contribution in [2.24, 2.45) is 5.73 Å². The van der Waals surface area contributed by atoms with Crippen molar-refractivity contribution in [2.75, 3.05) is 13.2 Å². The van der Waals surface area contributed by atoms with Gasteiger partial charge in [-0.15, -0.1) is 12.4 Å². The van der Waals surface area contributed by atoms with Gasteiger partial charge in [-0.2, -0.15) is 0 Å². The van der Waals surface area contributed by atoms with E-state index in [1.54, 1.807) is 13.8 Å². The first-order valence-corrected chi connectivity index (χ1v) is 4.15. The maximum atomic E-state index is 10.3. The fourth-order valence-electron chi connectivity index (χ4n) is 0.351. The SMILES string of the molecule is CCC(=O)O.CCOC(=O)CCN.Cl. The molecule has 0 radical (unpaired) electrons. The molecule has 6 heteroatoms. The quantitative estimate of drug-likeness (QED) is 0.694. The van der Waals surface area contributed by atoms with Gasteiger partial charge in [0.05, 0.1) is 13.0 Å². The van der Waals surface area contributed by atoms with Crippen LogP contribution in [0.1, 0.15) is 26.7 Å². The van der Waals surface area contributed by atoms with Crippen LogP contribution in [-0.2, 0) is 14.3 Å². The normalized spacial score (nSPS) is 7.64. The van der Waals surface area contributed by atoms with Gasteiger partial charge < -0.3 is 15.6 Å². The van der Waals surface area contributed by atoms with Crippen LogP contribution in [0.15, 0.2) is 0 Å². The first-order valence-electron chi connectivity index (χ1n) is 4.15. The maximum Gasteiger partial charge on any atom is 0.307 e. The Kier molecular flexibility index (Phi) is 19.8. The molecule has 0 aliphatic carbocycles. The van der Waals surface area contributed by atoms with E-state index in [0.717, 1.165) is 0 Å². The van der Waals surface area contributed by atoms with Gasteiger partial charge in [0.15, 0.2) is 0 Å². The van der Waals surface area contributed by atoms with Crippen LogP contribution in [0.25, 0.3) is 0 Å². The van der Waals surface area contributed by atoms with Gasteiger partial charge in [-0.05, 0) is 6.92 Å². The molecule has 0 amide bonds. The highest BCUT2D eigenvalue weighted by Crippen LogP contribution is 1.80. The van der Waals surface area contributed by atoms with E-state index >= 15 is 0 Å². The zero-order chi connectivity index (χ0) is 10.7. The minimum Gasteiger partial charge on any atom is -0.481 e. The van der Waals surface area contributed by atoms with Crippen LogP contribution in [0.2, 0.25) is 0 Å². The second kappa shape index (κ2) is 14.7. The van der Waals surface area contributed by atoms with Gasteiger partial charge in [0.2, 0.25) is 0 Å². The van der Waals surface area contributed by atoms with Crippen molar-refractivity contribution in [2.45, 2.75) is 26.7 Å². The molecule has 0 saturated heterocycles. The van der Waals surface area contributed by atoms with Gasteiger partial charge in [0.1, 0.15) is 0 Å². The summed E-state index contributed by atoms with van der Waals surface area (Å²) in [6.45, 7) is 4.19. The van der Waals surface area contributed by atoms with Crippen LogP contribution >= 0.6 is 12.4 Å². The third kappa shape index (κ3) is 22.5. The van der Waals surface area contributed by atoms with Crippen molar-refractivity contribution in [1.82, 2.24) is 0 Å². The predicted molar refractivity (Wildman–Crippen MR) is 55.5 cm³/mol. The molecule has 0 aromatic heterocycles. The lowest BCUT2D eigenvalue weighted by Gasteiger charge is -1.96.